The predicted octanol–water partition coefficient (Wildman–Crippen LogP) is 4.33. The van der Waals surface area contributed by atoms with Crippen LogP contribution in [0.25, 0.3) is 0 Å². The molecule has 2 aromatic rings. The van der Waals surface area contributed by atoms with Gasteiger partial charge in [0.1, 0.15) is 18.2 Å². The molecule has 0 atom stereocenters. The van der Waals surface area contributed by atoms with Crippen LogP contribution < -0.4 is 14.8 Å². The average Bonchev–Trinajstić information content (AvgIpc) is 3.03. The predicted molar refractivity (Wildman–Crippen MR) is 106 cm³/mol. The maximum Gasteiger partial charge on any atom is 0.212 e. The van der Waals surface area contributed by atoms with Crippen molar-refractivity contribution in [2.45, 2.75) is 51.8 Å². The second kappa shape index (κ2) is 10.5. The largest absolute Gasteiger partial charge is 0.497 e. The zero-order valence-electron chi connectivity index (χ0n) is 16.0. The molecule has 27 heavy (non-hydrogen) atoms. The van der Waals surface area contributed by atoms with E-state index in [1.54, 1.807) is 19.2 Å². The van der Waals surface area contributed by atoms with Gasteiger partial charge in [0.05, 0.1) is 12.8 Å². The summed E-state index contributed by atoms with van der Waals surface area (Å²) in [4.78, 5) is 0. The smallest absolute Gasteiger partial charge is 0.212 e. The molecular formula is C20H29ClFN3O2. The molecule has 1 aromatic heterocycles. The van der Waals surface area contributed by atoms with Crippen molar-refractivity contribution in [3.63, 3.8) is 0 Å². The minimum atomic E-state index is -0.292. The van der Waals surface area contributed by atoms with Crippen molar-refractivity contribution in [3.05, 3.63) is 41.3 Å². The van der Waals surface area contributed by atoms with Crippen molar-refractivity contribution < 1.29 is 13.9 Å². The van der Waals surface area contributed by atoms with Gasteiger partial charge >= 0.3 is 0 Å². The van der Waals surface area contributed by atoms with Crippen LogP contribution >= 0.6 is 12.4 Å². The summed E-state index contributed by atoms with van der Waals surface area (Å²) >= 11 is 0. The molecule has 1 heterocycles. The molecule has 3 rings (SSSR count). The number of rotatable bonds is 8. The quantitative estimate of drug-likeness (QED) is 0.720. The maximum atomic E-state index is 14.0. The third kappa shape index (κ3) is 5.84. The standard InChI is InChI=1S/C20H28FN3O2.ClH/c1-22-12-17-11-20(24(23-17)13-15-6-4-3-5-7-15)26-14-16-10-18(25-2)8-9-19(16)21;/h8-11,15,22H,3-7,12-14H2,1-2H3;1H. The molecule has 0 bridgehead atoms. The average molecular weight is 398 g/mol. The van der Waals surface area contributed by atoms with Crippen LogP contribution in [0, 0.1) is 11.7 Å². The molecule has 0 unspecified atom stereocenters. The van der Waals surface area contributed by atoms with Gasteiger partial charge < -0.3 is 14.8 Å². The topological polar surface area (TPSA) is 48.3 Å². The van der Waals surface area contributed by atoms with E-state index in [0.717, 1.165) is 12.2 Å². The molecule has 1 aromatic carbocycles. The van der Waals surface area contributed by atoms with Gasteiger partial charge in [-0.1, -0.05) is 19.3 Å². The van der Waals surface area contributed by atoms with E-state index in [2.05, 4.69) is 10.4 Å². The number of ether oxygens (including phenoxy) is 2. The highest BCUT2D eigenvalue weighted by atomic mass is 35.5. The van der Waals surface area contributed by atoms with Crippen LogP contribution in [0.15, 0.2) is 24.3 Å². The molecule has 0 spiro atoms. The normalized spacial score (nSPS) is 14.6. The Morgan fingerprint density at radius 1 is 1.22 bits per heavy atom. The Morgan fingerprint density at radius 3 is 2.70 bits per heavy atom. The first kappa shape index (κ1) is 21.5. The number of hydrogen-bond donors (Lipinski definition) is 1. The van der Waals surface area contributed by atoms with E-state index in [9.17, 15) is 4.39 Å². The number of hydrogen-bond acceptors (Lipinski definition) is 4. The fraction of sp³-hybridized carbons (Fsp3) is 0.550. The van der Waals surface area contributed by atoms with Crippen LogP contribution in [-0.2, 0) is 19.7 Å². The number of benzene rings is 1. The van der Waals surface area contributed by atoms with Crippen LogP contribution in [-0.4, -0.2) is 23.9 Å². The first-order chi connectivity index (χ1) is 12.7. The molecule has 1 saturated carbocycles. The van der Waals surface area contributed by atoms with E-state index in [1.807, 2.05) is 17.8 Å². The lowest BCUT2D eigenvalue weighted by molar-refractivity contribution is 0.242. The molecular weight excluding hydrogens is 369 g/mol. The fourth-order valence-corrected chi connectivity index (χ4v) is 3.52. The van der Waals surface area contributed by atoms with Gasteiger partial charge in [0, 0.05) is 24.7 Å². The monoisotopic (exact) mass is 397 g/mol. The Morgan fingerprint density at radius 2 is 2.00 bits per heavy atom. The molecule has 0 saturated heterocycles. The molecule has 0 amide bonds. The van der Waals surface area contributed by atoms with Gasteiger partial charge in [-0.2, -0.15) is 5.10 Å². The van der Waals surface area contributed by atoms with Gasteiger partial charge in [-0.3, -0.25) is 0 Å². The van der Waals surface area contributed by atoms with Crippen LogP contribution in [0.4, 0.5) is 4.39 Å². The third-order valence-corrected chi connectivity index (χ3v) is 4.94. The molecule has 150 valence electrons. The van der Waals surface area contributed by atoms with Crippen LogP contribution in [0.5, 0.6) is 11.6 Å². The third-order valence-electron chi connectivity index (χ3n) is 4.94. The lowest BCUT2D eigenvalue weighted by atomic mass is 9.89. The van der Waals surface area contributed by atoms with Crippen LogP contribution in [0.2, 0.25) is 0 Å². The second-order valence-corrected chi connectivity index (χ2v) is 6.94. The zero-order chi connectivity index (χ0) is 18.4. The van der Waals surface area contributed by atoms with E-state index in [-0.39, 0.29) is 24.8 Å². The zero-order valence-corrected chi connectivity index (χ0v) is 16.9. The Bertz CT molecular complexity index is 717. The summed E-state index contributed by atoms with van der Waals surface area (Å²) in [6.07, 6.45) is 6.40. The van der Waals surface area contributed by atoms with Gasteiger partial charge in [-0.15, -0.1) is 12.4 Å². The molecule has 5 nitrogen and oxygen atoms in total. The first-order valence-corrected chi connectivity index (χ1v) is 9.36. The van der Waals surface area contributed by atoms with Gasteiger partial charge in [0.25, 0.3) is 0 Å². The lowest BCUT2D eigenvalue weighted by Crippen LogP contribution is -2.16. The number of halogens is 2. The van der Waals surface area contributed by atoms with Gasteiger partial charge in [-0.05, 0) is 44.0 Å². The molecule has 1 N–H and O–H groups in total. The summed E-state index contributed by atoms with van der Waals surface area (Å²) in [6.45, 7) is 1.69. The fourth-order valence-electron chi connectivity index (χ4n) is 3.52. The summed E-state index contributed by atoms with van der Waals surface area (Å²) in [7, 11) is 3.47. The van der Waals surface area contributed by atoms with Gasteiger partial charge in [-0.25, -0.2) is 9.07 Å². The second-order valence-electron chi connectivity index (χ2n) is 6.94. The van der Waals surface area contributed by atoms with Crippen molar-refractivity contribution in [1.29, 1.82) is 0 Å². The van der Waals surface area contributed by atoms with Gasteiger partial charge in [0.15, 0.2) is 0 Å². The first-order valence-electron chi connectivity index (χ1n) is 9.36. The molecule has 1 aliphatic carbocycles. The highest BCUT2D eigenvalue weighted by Crippen LogP contribution is 2.27. The number of nitrogens with zero attached hydrogens (tertiary/aromatic N) is 2. The molecule has 0 aliphatic heterocycles. The van der Waals surface area contributed by atoms with E-state index < -0.39 is 0 Å². The highest BCUT2D eigenvalue weighted by Gasteiger charge is 2.18. The van der Waals surface area contributed by atoms with Crippen molar-refractivity contribution in [3.8, 4) is 11.6 Å². The maximum absolute atomic E-state index is 14.0. The van der Waals surface area contributed by atoms with E-state index in [4.69, 9.17) is 9.47 Å². The Labute approximate surface area is 166 Å². The minimum absolute atomic E-state index is 0. The summed E-state index contributed by atoms with van der Waals surface area (Å²) in [5, 5.41) is 7.79. The summed E-state index contributed by atoms with van der Waals surface area (Å²) < 4.78 is 27.1. The van der Waals surface area contributed by atoms with Crippen LogP contribution in [0.3, 0.4) is 0 Å². The van der Waals surface area contributed by atoms with Crippen LogP contribution in [0.1, 0.15) is 43.4 Å². The van der Waals surface area contributed by atoms with Crippen molar-refractivity contribution in [1.82, 2.24) is 15.1 Å². The minimum Gasteiger partial charge on any atom is -0.497 e. The van der Waals surface area contributed by atoms with E-state index >= 15 is 0 Å². The highest BCUT2D eigenvalue weighted by molar-refractivity contribution is 5.85. The molecule has 1 fully saturated rings. The Kier molecular flexibility index (Phi) is 8.38. The summed E-state index contributed by atoms with van der Waals surface area (Å²) in [6, 6.07) is 6.63. The number of nitrogens with one attached hydrogen (secondary N) is 1. The summed E-state index contributed by atoms with van der Waals surface area (Å²) in [5.41, 5.74) is 1.41. The summed E-state index contributed by atoms with van der Waals surface area (Å²) in [5.74, 6) is 1.67. The van der Waals surface area contributed by atoms with E-state index in [0.29, 0.717) is 29.7 Å². The van der Waals surface area contributed by atoms with Crippen molar-refractivity contribution >= 4 is 12.4 Å². The number of methoxy groups -OCH3 is 1. The SMILES string of the molecule is CNCc1cc(OCc2cc(OC)ccc2F)n(CC2CCCCC2)n1.Cl. The van der Waals surface area contributed by atoms with E-state index in [1.165, 1.54) is 38.2 Å². The van der Waals surface area contributed by atoms with Gasteiger partial charge in [0.2, 0.25) is 5.88 Å². The molecule has 0 radical (unpaired) electrons. The van der Waals surface area contributed by atoms with Crippen molar-refractivity contribution in [2.24, 2.45) is 5.92 Å². The number of aromatic nitrogens is 2. The Balaban J connectivity index is 0.00000261. The Hall–Kier alpha value is -1.79. The molecule has 7 heteroatoms. The van der Waals surface area contributed by atoms with Crippen molar-refractivity contribution in [2.75, 3.05) is 14.2 Å². The molecule has 1 aliphatic rings. The lowest BCUT2D eigenvalue weighted by Gasteiger charge is -2.22.